The van der Waals surface area contributed by atoms with Gasteiger partial charge in [-0.15, -0.1) is 0 Å². The number of hydrogen-bond acceptors (Lipinski definition) is 3. The molecular formula is C22H23N3O3. The molecule has 3 aromatic rings. The number of methoxy groups -OCH3 is 1. The maximum Gasteiger partial charge on any atom is 0.256 e. The average molecular weight is 377 g/mol. The molecule has 0 spiro atoms. The molecule has 0 aliphatic carbocycles. The predicted molar refractivity (Wildman–Crippen MR) is 107 cm³/mol. The standard InChI is InChI=1S/C22H23N3O3/c1-28-17-6-4-5-15(11-17)9-10-23-21(26)16-13-25(14-16)22(27)19-12-24-20-8-3-2-7-18(19)20/h2-8,11-12,16,24H,9-10,13-14H2,1H3,(H,23,26). The van der Waals surface area contributed by atoms with Gasteiger partial charge in [0.15, 0.2) is 0 Å². The summed E-state index contributed by atoms with van der Waals surface area (Å²) in [6, 6.07) is 15.6. The first-order valence-electron chi connectivity index (χ1n) is 9.42. The van der Waals surface area contributed by atoms with Gasteiger partial charge in [-0.1, -0.05) is 30.3 Å². The Labute approximate surface area is 163 Å². The van der Waals surface area contributed by atoms with Gasteiger partial charge in [-0.25, -0.2) is 0 Å². The average Bonchev–Trinajstić information content (AvgIpc) is 3.11. The van der Waals surface area contributed by atoms with Crippen LogP contribution in [0.3, 0.4) is 0 Å². The SMILES string of the molecule is COc1cccc(CCNC(=O)C2CN(C(=O)c3c[nH]c4ccccc34)C2)c1. The molecule has 28 heavy (non-hydrogen) atoms. The smallest absolute Gasteiger partial charge is 0.256 e. The molecule has 1 aromatic heterocycles. The van der Waals surface area contributed by atoms with Crippen molar-refractivity contribution in [1.82, 2.24) is 15.2 Å². The van der Waals surface area contributed by atoms with Gasteiger partial charge in [-0.2, -0.15) is 0 Å². The Morgan fingerprint density at radius 3 is 2.82 bits per heavy atom. The van der Waals surface area contributed by atoms with Gasteiger partial charge in [0.05, 0.1) is 18.6 Å². The van der Waals surface area contributed by atoms with E-state index < -0.39 is 0 Å². The number of hydrogen-bond donors (Lipinski definition) is 2. The van der Waals surface area contributed by atoms with Crippen LogP contribution in [0.15, 0.2) is 54.7 Å². The first kappa shape index (κ1) is 18.1. The van der Waals surface area contributed by atoms with E-state index in [9.17, 15) is 9.59 Å². The van der Waals surface area contributed by atoms with Crippen molar-refractivity contribution >= 4 is 22.7 Å². The number of aromatic nitrogens is 1. The first-order valence-corrected chi connectivity index (χ1v) is 9.42. The highest BCUT2D eigenvalue weighted by atomic mass is 16.5. The number of ether oxygens (including phenoxy) is 1. The van der Waals surface area contributed by atoms with Crippen LogP contribution in [0.25, 0.3) is 10.9 Å². The van der Waals surface area contributed by atoms with Gasteiger partial charge in [-0.05, 0) is 30.2 Å². The molecule has 0 bridgehead atoms. The van der Waals surface area contributed by atoms with E-state index in [1.54, 1.807) is 18.2 Å². The number of fused-ring (bicyclic) bond motifs is 1. The van der Waals surface area contributed by atoms with E-state index >= 15 is 0 Å². The largest absolute Gasteiger partial charge is 0.497 e. The van der Waals surface area contributed by atoms with Crippen molar-refractivity contribution in [1.29, 1.82) is 0 Å². The Kier molecular flexibility index (Phi) is 5.02. The Bertz CT molecular complexity index is 1000. The number of H-pyrrole nitrogens is 1. The molecule has 0 atom stereocenters. The van der Waals surface area contributed by atoms with Gasteiger partial charge in [0.25, 0.3) is 5.91 Å². The topological polar surface area (TPSA) is 74.4 Å². The van der Waals surface area contributed by atoms with Crippen molar-refractivity contribution in [3.8, 4) is 5.75 Å². The second-order valence-corrected chi connectivity index (χ2v) is 7.05. The number of nitrogens with one attached hydrogen (secondary N) is 2. The summed E-state index contributed by atoms with van der Waals surface area (Å²) < 4.78 is 5.21. The number of nitrogens with zero attached hydrogens (tertiary/aromatic N) is 1. The van der Waals surface area contributed by atoms with Gasteiger partial charge in [0.1, 0.15) is 5.75 Å². The molecule has 0 saturated carbocycles. The van der Waals surface area contributed by atoms with Gasteiger partial charge >= 0.3 is 0 Å². The van der Waals surface area contributed by atoms with Crippen molar-refractivity contribution in [2.24, 2.45) is 5.92 Å². The van der Waals surface area contributed by atoms with E-state index in [4.69, 9.17) is 4.74 Å². The number of carbonyl (C=O) groups excluding carboxylic acids is 2. The summed E-state index contributed by atoms with van der Waals surface area (Å²) in [5.41, 5.74) is 2.72. The number of amides is 2. The Morgan fingerprint density at radius 1 is 1.18 bits per heavy atom. The number of benzene rings is 2. The molecule has 6 heteroatoms. The van der Waals surface area contributed by atoms with Crippen molar-refractivity contribution in [3.63, 3.8) is 0 Å². The van der Waals surface area contributed by atoms with Crippen LogP contribution in [-0.4, -0.2) is 48.4 Å². The van der Waals surface area contributed by atoms with Crippen LogP contribution in [-0.2, 0) is 11.2 Å². The van der Waals surface area contributed by atoms with Crippen LogP contribution in [0, 0.1) is 5.92 Å². The van der Waals surface area contributed by atoms with E-state index in [2.05, 4.69) is 10.3 Å². The number of likely N-dealkylation sites (tertiary alicyclic amines) is 1. The molecule has 1 fully saturated rings. The monoisotopic (exact) mass is 377 g/mol. The zero-order chi connectivity index (χ0) is 19.5. The second kappa shape index (κ2) is 7.76. The highest BCUT2D eigenvalue weighted by molar-refractivity contribution is 6.07. The van der Waals surface area contributed by atoms with Crippen molar-refractivity contribution < 1.29 is 14.3 Å². The molecule has 4 rings (SSSR count). The highest BCUT2D eigenvalue weighted by Gasteiger charge is 2.36. The normalized spacial score (nSPS) is 14.0. The highest BCUT2D eigenvalue weighted by Crippen LogP contribution is 2.24. The third-order valence-electron chi connectivity index (χ3n) is 5.21. The van der Waals surface area contributed by atoms with Gasteiger partial charge in [-0.3, -0.25) is 9.59 Å². The quantitative estimate of drug-likeness (QED) is 0.693. The lowest BCUT2D eigenvalue weighted by molar-refractivity contribution is -0.128. The molecular weight excluding hydrogens is 354 g/mol. The lowest BCUT2D eigenvalue weighted by atomic mass is 9.97. The van der Waals surface area contributed by atoms with E-state index in [0.29, 0.717) is 25.2 Å². The van der Waals surface area contributed by atoms with Crippen LogP contribution in [0.5, 0.6) is 5.75 Å². The summed E-state index contributed by atoms with van der Waals surface area (Å²) in [6.07, 6.45) is 2.49. The molecule has 2 amide bonds. The Morgan fingerprint density at radius 2 is 2.00 bits per heavy atom. The fourth-order valence-corrected chi connectivity index (χ4v) is 3.53. The maximum absolute atomic E-state index is 12.7. The fraction of sp³-hybridized carbons (Fsp3) is 0.273. The number of para-hydroxylation sites is 1. The molecule has 0 unspecified atom stereocenters. The second-order valence-electron chi connectivity index (χ2n) is 7.05. The van der Waals surface area contributed by atoms with Gasteiger partial charge < -0.3 is 19.9 Å². The molecule has 2 heterocycles. The molecule has 1 aliphatic heterocycles. The summed E-state index contributed by atoms with van der Waals surface area (Å²) in [6.45, 7) is 1.49. The molecule has 144 valence electrons. The predicted octanol–water partition coefficient (Wildman–Crippen LogP) is 2.61. The summed E-state index contributed by atoms with van der Waals surface area (Å²) in [5.74, 6) is 0.650. The van der Waals surface area contributed by atoms with Crippen molar-refractivity contribution in [3.05, 3.63) is 65.9 Å². The van der Waals surface area contributed by atoms with Crippen LogP contribution >= 0.6 is 0 Å². The molecule has 1 aliphatic rings. The summed E-state index contributed by atoms with van der Waals surface area (Å²) in [4.78, 5) is 29.9. The van der Waals surface area contributed by atoms with E-state index in [1.165, 1.54) is 0 Å². The zero-order valence-corrected chi connectivity index (χ0v) is 15.8. The first-order chi connectivity index (χ1) is 13.7. The molecule has 6 nitrogen and oxygen atoms in total. The zero-order valence-electron chi connectivity index (χ0n) is 15.8. The van der Waals surface area contributed by atoms with Crippen LogP contribution < -0.4 is 10.1 Å². The van der Waals surface area contributed by atoms with E-state index in [0.717, 1.165) is 28.6 Å². The van der Waals surface area contributed by atoms with E-state index in [-0.39, 0.29) is 17.7 Å². The van der Waals surface area contributed by atoms with Crippen LogP contribution in [0.4, 0.5) is 0 Å². The molecule has 2 N–H and O–H groups in total. The number of carbonyl (C=O) groups is 2. The number of rotatable bonds is 6. The van der Waals surface area contributed by atoms with Gasteiger partial charge in [0.2, 0.25) is 5.91 Å². The fourth-order valence-electron chi connectivity index (χ4n) is 3.53. The van der Waals surface area contributed by atoms with Gasteiger partial charge in [0, 0.05) is 36.7 Å². The minimum absolute atomic E-state index is 0.00544. The molecule has 0 radical (unpaired) electrons. The maximum atomic E-state index is 12.7. The summed E-state index contributed by atoms with van der Waals surface area (Å²) >= 11 is 0. The third-order valence-corrected chi connectivity index (χ3v) is 5.21. The minimum Gasteiger partial charge on any atom is -0.497 e. The van der Waals surface area contributed by atoms with Crippen LogP contribution in [0.2, 0.25) is 0 Å². The Balaban J connectivity index is 1.26. The van der Waals surface area contributed by atoms with Crippen LogP contribution in [0.1, 0.15) is 15.9 Å². The third kappa shape index (κ3) is 3.58. The Hall–Kier alpha value is -3.28. The lowest BCUT2D eigenvalue weighted by Gasteiger charge is -2.38. The summed E-state index contributed by atoms with van der Waals surface area (Å²) in [7, 11) is 1.64. The van der Waals surface area contributed by atoms with Crippen molar-refractivity contribution in [2.75, 3.05) is 26.7 Å². The molecule has 1 saturated heterocycles. The van der Waals surface area contributed by atoms with Crippen molar-refractivity contribution in [2.45, 2.75) is 6.42 Å². The van der Waals surface area contributed by atoms with E-state index in [1.807, 2.05) is 48.5 Å². The number of aromatic amines is 1. The lowest BCUT2D eigenvalue weighted by Crippen LogP contribution is -2.55. The minimum atomic E-state index is -0.139. The summed E-state index contributed by atoms with van der Waals surface area (Å²) in [5, 5.41) is 3.89. The molecule has 2 aromatic carbocycles.